The van der Waals surface area contributed by atoms with E-state index in [0.29, 0.717) is 12.5 Å². The molecule has 3 nitrogen and oxygen atoms in total. The molecule has 20 heavy (non-hydrogen) atoms. The number of aryl methyl sites for hydroxylation is 1. The van der Waals surface area contributed by atoms with E-state index in [4.69, 9.17) is 0 Å². The minimum atomic E-state index is 0.177. The molecule has 0 saturated carbocycles. The number of carbonyl (C=O) groups excluding carboxylic acids is 1. The number of piperidine rings is 1. The lowest BCUT2D eigenvalue weighted by Crippen LogP contribution is -2.44. The second-order valence-corrected chi connectivity index (χ2v) is 5.42. The normalized spacial score (nSPS) is 16.8. The van der Waals surface area contributed by atoms with Gasteiger partial charge in [-0.1, -0.05) is 36.4 Å². The maximum Gasteiger partial charge on any atom is 0.220 e. The Hall–Kier alpha value is -1.61. The Morgan fingerprint density at radius 1 is 1.30 bits per heavy atom. The molecule has 108 valence electrons. The molecule has 0 aliphatic carbocycles. The summed E-state index contributed by atoms with van der Waals surface area (Å²) in [6.07, 6.45) is 5.44. The lowest BCUT2D eigenvalue weighted by Gasteiger charge is -2.31. The van der Waals surface area contributed by atoms with Crippen molar-refractivity contribution >= 4 is 5.91 Å². The van der Waals surface area contributed by atoms with Gasteiger partial charge in [0.05, 0.1) is 0 Å². The predicted molar refractivity (Wildman–Crippen MR) is 82.6 cm³/mol. The molecular formula is C17H24N2O. The minimum absolute atomic E-state index is 0.177. The first-order chi connectivity index (χ1) is 9.78. The maximum atomic E-state index is 12.0. The summed E-state index contributed by atoms with van der Waals surface area (Å²) in [6.45, 7) is 6.82. The summed E-state index contributed by atoms with van der Waals surface area (Å²) in [5, 5.41) is 3.16. The lowest BCUT2D eigenvalue weighted by atomic mass is 10.0. The van der Waals surface area contributed by atoms with E-state index in [9.17, 15) is 4.79 Å². The third-order valence-corrected chi connectivity index (χ3v) is 3.82. The predicted octanol–water partition coefficient (Wildman–Crippen LogP) is 2.39. The molecule has 1 fully saturated rings. The molecule has 2 rings (SSSR count). The number of amides is 1. The Kier molecular flexibility index (Phi) is 5.81. The second kappa shape index (κ2) is 7.85. The number of nitrogens with one attached hydrogen (secondary N) is 1. The molecule has 0 spiro atoms. The summed E-state index contributed by atoms with van der Waals surface area (Å²) >= 11 is 0. The van der Waals surface area contributed by atoms with Gasteiger partial charge in [-0.3, -0.25) is 9.69 Å². The fourth-order valence-electron chi connectivity index (χ4n) is 2.64. The summed E-state index contributed by atoms with van der Waals surface area (Å²) < 4.78 is 0. The van der Waals surface area contributed by atoms with Crippen molar-refractivity contribution in [1.29, 1.82) is 0 Å². The zero-order valence-electron chi connectivity index (χ0n) is 12.1. The number of nitrogens with zero attached hydrogens (tertiary/aromatic N) is 1. The van der Waals surface area contributed by atoms with Gasteiger partial charge >= 0.3 is 0 Å². The number of hydrogen-bond acceptors (Lipinski definition) is 2. The average Bonchev–Trinajstić information content (AvgIpc) is 2.49. The quantitative estimate of drug-likeness (QED) is 0.806. The lowest BCUT2D eigenvalue weighted by molar-refractivity contribution is -0.122. The van der Waals surface area contributed by atoms with Gasteiger partial charge in [-0.15, -0.1) is 6.58 Å². The van der Waals surface area contributed by atoms with E-state index in [-0.39, 0.29) is 5.91 Å². The third kappa shape index (κ3) is 4.82. The first-order valence-electron chi connectivity index (χ1n) is 7.44. The zero-order valence-corrected chi connectivity index (χ0v) is 12.1. The van der Waals surface area contributed by atoms with Crippen LogP contribution in [0, 0.1) is 0 Å². The van der Waals surface area contributed by atoms with Crippen molar-refractivity contribution in [1.82, 2.24) is 10.2 Å². The van der Waals surface area contributed by atoms with Crippen LogP contribution in [0.3, 0.4) is 0 Å². The topological polar surface area (TPSA) is 32.3 Å². The van der Waals surface area contributed by atoms with E-state index in [1.807, 2.05) is 24.3 Å². The Morgan fingerprint density at radius 2 is 2.00 bits per heavy atom. The second-order valence-electron chi connectivity index (χ2n) is 5.42. The van der Waals surface area contributed by atoms with Crippen LogP contribution in [0.2, 0.25) is 0 Å². The standard InChI is InChI=1S/C17H24N2O/c1-2-12-19-13-10-16(11-14-19)18-17(20)9-8-15-6-4-3-5-7-15/h2-7,16H,1,8-14H2,(H,18,20). The SMILES string of the molecule is C=CCN1CCC(NC(=O)CCc2ccccc2)CC1. The molecule has 1 aliphatic rings. The molecule has 1 aromatic carbocycles. The van der Waals surface area contributed by atoms with Gasteiger partial charge in [0.1, 0.15) is 0 Å². The Morgan fingerprint density at radius 3 is 2.65 bits per heavy atom. The molecule has 0 aromatic heterocycles. The van der Waals surface area contributed by atoms with E-state index >= 15 is 0 Å². The van der Waals surface area contributed by atoms with Crippen LogP contribution in [0.15, 0.2) is 43.0 Å². The molecule has 1 aliphatic heterocycles. The zero-order chi connectivity index (χ0) is 14.2. The van der Waals surface area contributed by atoms with E-state index < -0.39 is 0 Å². The van der Waals surface area contributed by atoms with Crippen LogP contribution in [-0.2, 0) is 11.2 Å². The molecule has 0 atom stereocenters. The van der Waals surface area contributed by atoms with Crippen LogP contribution in [0.4, 0.5) is 0 Å². The smallest absolute Gasteiger partial charge is 0.220 e. The van der Waals surface area contributed by atoms with Crippen LogP contribution in [0.1, 0.15) is 24.8 Å². The van der Waals surface area contributed by atoms with Crippen molar-refractivity contribution in [2.75, 3.05) is 19.6 Å². The summed E-state index contributed by atoms with van der Waals surface area (Å²) in [4.78, 5) is 14.3. The van der Waals surface area contributed by atoms with Crippen molar-refractivity contribution in [2.24, 2.45) is 0 Å². The maximum absolute atomic E-state index is 12.0. The highest BCUT2D eigenvalue weighted by atomic mass is 16.1. The average molecular weight is 272 g/mol. The summed E-state index contributed by atoms with van der Waals surface area (Å²) in [5.74, 6) is 0.177. The van der Waals surface area contributed by atoms with Crippen molar-refractivity contribution < 1.29 is 4.79 Å². The highest BCUT2D eigenvalue weighted by Gasteiger charge is 2.19. The fraction of sp³-hybridized carbons (Fsp3) is 0.471. The molecule has 1 aromatic rings. The van der Waals surface area contributed by atoms with Crippen LogP contribution in [0.25, 0.3) is 0 Å². The van der Waals surface area contributed by atoms with Crippen LogP contribution < -0.4 is 5.32 Å². The fourth-order valence-corrected chi connectivity index (χ4v) is 2.64. The van der Waals surface area contributed by atoms with Gasteiger partial charge in [-0.25, -0.2) is 0 Å². The third-order valence-electron chi connectivity index (χ3n) is 3.82. The van der Waals surface area contributed by atoms with Crippen LogP contribution in [-0.4, -0.2) is 36.5 Å². The largest absolute Gasteiger partial charge is 0.353 e. The molecule has 1 heterocycles. The first kappa shape index (κ1) is 14.8. The van der Waals surface area contributed by atoms with Gasteiger partial charge in [0.2, 0.25) is 5.91 Å². The Bertz CT molecular complexity index is 422. The van der Waals surface area contributed by atoms with Crippen molar-refractivity contribution in [3.05, 3.63) is 48.6 Å². The number of hydrogen-bond donors (Lipinski definition) is 1. The van der Waals surface area contributed by atoms with E-state index in [1.54, 1.807) is 0 Å². The molecule has 1 amide bonds. The van der Waals surface area contributed by atoms with E-state index in [0.717, 1.165) is 38.9 Å². The highest BCUT2D eigenvalue weighted by molar-refractivity contribution is 5.76. The molecule has 0 bridgehead atoms. The molecule has 0 unspecified atom stereocenters. The van der Waals surface area contributed by atoms with Gasteiger partial charge in [0, 0.05) is 32.1 Å². The van der Waals surface area contributed by atoms with Gasteiger partial charge in [-0.05, 0) is 24.8 Å². The molecule has 1 saturated heterocycles. The van der Waals surface area contributed by atoms with Gasteiger partial charge in [0.25, 0.3) is 0 Å². The number of likely N-dealkylation sites (tertiary alicyclic amines) is 1. The Labute approximate surface area is 121 Å². The van der Waals surface area contributed by atoms with Crippen LogP contribution >= 0.6 is 0 Å². The minimum Gasteiger partial charge on any atom is -0.353 e. The van der Waals surface area contributed by atoms with Gasteiger partial charge in [-0.2, -0.15) is 0 Å². The van der Waals surface area contributed by atoms with E-state index in [1.165, 1.54) is 5.56 Å². The molecular weight excluding hydrogens is 248 g/mol. The molecule has 3 heteroatoms. The first-order valence-corrected chi connectivity index (χ1v) is 7.44. The summed E-state index contributed by atoms with van der Waals surface area (Å²) in [6, 6.07) is 10.5. The number of carbonyl (C=O) groups is 1. The highest BCUT2D eigenvalue weighted by Crippen LogP contribution is 2.10. The van der Waals surface area contributed by atoms with Crippen molar-refractivity contribution in [2.45, 2.75) is 31.7 Å². The van der Waals surface area contributed by atoms with E-state index in [2.05, 4.69) is 28.9 Å². The van der Waals surface area contributed by atoms with Crippen molar-refractivity contribution in [3.63, 3.8) is 0 Å². The van der Waals surface area contributed by atoms with Crippen LogP contribution in [0.5, 0.6) is 0 Å². The molecule has 1 N–H and O–H groups in total. The Balaban J connectivity index is 1.66. The van der Waals surface area contributed by atoms with Gasteiger partial charge in [0.15, 0.2) is 0 Å². The monoisotopic (exact) mass is 272 g/mol. The van der Waals surface area contributed by atoms with Gasteiger partial charge < -0.3 is 5.32 Å². The molecule has 0 radical (unpaired) electrons. The number of benzene rings is 1. The summed E-state index contributed by atoms with van der Waals surface area (Å²) in [7, 11) is 0. The summed E-state index contributed by atoms with van der Waals surface area (Å²) in [5.41, 5.74) is 1.23. The van der Waals surface area contributed by atoms with Crippen molar-refractivity contribution in [3.8, 4) is 0 Å². The number of rotatable bonds is 6.